The summed E-state index contributed by atoms with van der Waals surface area (Å²) >= 11 is 1.32. The van der Waals surface area contributed by atoms with Gasteiger partial charge in [-0.1, -0.05) is 24.3 Å². The quantitative estimate of drug-likeness (QED) is 0.654. The molecule has 104 valence electrons. The van der Waals surface area contributed by atoms with Crippen molar-refractivity contribution >= 4 is 29.0 Å². The van der Waals surface area contributed by atoms with Gasteiger partial charge in [0.2, 0.25) is 5.91 Å². The second-order valence-corrected chi connectivity index (χ2v) is 5.30. The molecule has 0 saturated heterocycles. The summed E-state index contributed by atoms with van der Waals surface area (Å²) in [5, 5.41) is 2.74. The summed E-state index contributed by atoms with van der Waals surface area (Å²) in [5.74, 6) is 0.122. The molecule has 0 aromatic heterocycles. The molecule has 1 amide bonds. The molecule has 0 heterocycles. The molecule has 2 rings (SSSR count). The zero-order valence-electron chi connectivity index (χ0n) is 10.8. The van der Waals surface area contributed by atoms with Gasteiger partial charge in [0.15, 0.2) is 0 Å². The van der Waals surface area contributed by atoms with Crippen LogP contribution < -0.4 is 11.1 Å². The number of rotatable bonds is 5. The minimum Gasteiger partial charge on any atom is -0.397 e. The maximum atomic E-state index is 13.4. The highest BCUT2D eigenvalue weighted by Crippen LogP contribution is 2.22. The molecule has 5 heteroatoms. The van der Waals surface area contributed by atoms with Crippen molar-refractivity contribution in [3.63, 3.8) is 0 Å². The van der Waals surface area contributed by atoms with Crippen LogP contribution in [-0.4, -0.2) is 11.7 Å². The van der Waals surface area contributed by atoms with Gasteiger partial charge in [0.05, 0.1) is 11.4 Å². The number of amides is 1. The Hall–Kier alpha value is -2.01. The molecule has 0 aliphatic carbocycles. The SMILES string of the molecule is Nc1ccccc1NC(=O)CCSc1ccccc1F. The molecule has 2 aromatic carbocycles. The minimum atomic E-state index is -0.259. The van der Waals surface area contributed by atoms with Crippen molar-refractivity contribution in [2.45, 2.75) is 11.3 Å². The third-order valence-corrected chi connectivity index (χ3v) is 3.71. The van der Waals surface area contributed by atoms with Crippen molar-refractivity contribution < 1.29 is 9.18 Å². The van der Waals surface area contributed by atoms with Crippen LogP contribution >= 0.6 is 11.8 Å². The molecule has 0 radical (unpaired) electrons. The number of anilines is 2. The van der Waals surface area contributed by atoms with Crippen LogP contribution in [0.1, 0.15) is 6.42 Å². The zero-order chi connectivity index (χ0) is 14.4. The lowest BCUT2D eigenvalue weighted by atomic mass is 10.2. The number of nitrogens with one attached hydrogen (secondary N) is 1. The van der Waals surface area contributed by atoms with E-state index in [0.29, 0.717) is 28.4 Å². The molecular formula is C15H15FN2OS. The summed E-state index contributed by atoms with van der Waals surface area (Å²) in [7, 11) is 0. The van der Waals surface area contributed by atoms with Gasteiger partial charge in [-0.15, -0.1) is 11.8 Å². The number of hydrogen-bond donors (Lipinski definition) is 2. The van der Waals surface area contributed by atoms with Crippen LogP contribution in [0.3, 0.4) is 0 Å². The first-order chi connectivity index (χ1) is 9.66. The highest BCUT2D eigenvalue weighted by Gasteiger charge is 2.06. The zero-order valence-corrected chi connectivity index (χ0v) is 11.6. The summed E-state index contributed by atoms with van der Waals surface area (Å²) in [6.07, 6.45) is 0.299. The normalized spacial score (nSPS) is 10.2. The third kappa shape index (κ3) is 3.99. The molecular weight excluding hydrogens is 275 g/mol. The lowest BCUT2D eigenvalue weighted by molar-refractivity contribution is -0.115. The van der Waals surface area contributed by atoms with E-state index in [-0.39, 0.29) is 11.7 Å². The lowest BCUT2D eigenvalue weighted by Gasteiger charge is -2.07. The molecule has 3 nitrogen and oxygen atoms in total. The lowest BCUT2D eigenvalue weighted by Crippen LogP contribution is -2.13. The van der Waals surface area contributed by atoms with Crippen LogP contribution in [0.5, 0.6) is 0 Å². The highest BCUT2D eigenvalue weighted by molar-refractivity contribution is 7.99. The minimum absolute atomic E-state index is 0.133. The number of nitrogens with two attached hydrogens (primary N) is 1. The predicted molar refractivity (Wildman–Crippen MR) is 81.2 cm³/mol. The maximum Gasteiger partial charge on any atom is 0.225 e. The number of carbonyl (C=O) groups is 1. The first kappa shape index (κ1) is 14.4. The van der Waals surface area contributed by atoms with E-state index in [1.165, 1.54) is 17.8 Å². The van der Waals surface area contributed by atoms with Crippen LogP contribution in [-0.2, 0) is 4.79 Å². The van der Waals surface area contributed by atoms with Crippen LogP contribution in [0.4, 0.5) is 15.8 Å². The summed E-state index contributed by atoms with van der Waals surface area (Å²) in [6.45, 7) is 0. The van der Waals surface area contributed by atoms with Crippen molar-refractivity contribution in [2.75, 3.05) is 16.8 Å². The fraction of sp³-hybridized carbons (Fsp3) is 0.133. The molecule has 0 saturated carbocycles. The van der Waals surface area contributed by atoms with E-state index in [4.69, 9.17) is 5.73 Å². The molecule has 0 aliphatic heterocycles. The van der Waals surface area contributed by atoms with E-state index in [2.05, 4.69) is 5.32 Å². The Balaban J connectivity index is 1.82. The number of benzene rings is 2. The Morgan fingerprint density at radius 3 is 2.60 bits per heavy atom. The number of halogens is 1. The molecule has 0 unspecified atom stereocenters. The van der Waals surface area contributed by atoms with Crippen LogP contribution in [0, 0.1) is 5.82 Å². The number of nitrogen functional groups attached to an aromatic ring is 1. The van der Waals surface area contributed by atoms with Crippen LogP contribution in [0.15, 0.2) is 53.4 Å². The number of para-hydroxylation sites is 2. The molecule has 0 spiro atoms. The van der Waals surface area contributed by atoms with Gasteiger partial charge in [-0.3, -0.25) is 4.79 Å². The van der Waals surface area contributed by atoms with Gasteiger partial charge in [-0.2, -0.15) is 0 Å². The van der Waals surface area contributed by atoms with Gasteiger partial charge in [0, 0.05) is 17.1 Å². The van der Waals surface area contributed by atoms with E-state index in [1.54, 1.807) is 42.5 Å². The second kappa shape index (κ2) is 6.96. The molecule has 0 aliphatic rings. The first-order valence-corrected chi connectivity index (χ1v) is 7.17. The Kier molecular flexibility index (Phi) is 5.01. The smallest absolute Gasteiger partial charge is 0.225 e. The molecule has 20 heavy (non-hydrogen) atoms. The Morgan fingerprint density at radius 1 is 1.15 bits per heavy atom. The molecule has 0 atom stereocenters. The number of hydrogen-bond acceptors (Lipinski definition) is 3. The average molecular weight is 290 g/mol. The second-order valence-electron chi connectivity index (χ2n) is 4.16. The van der Waals surface area contributed by atoms with Gasteiger partial charge in [0.1, 0.15) is 5.82 Å². The van der Waals surface area contributed by atoms with Gasteiger partial charge >= 0.3 is 0 Å². The monoisotopic (exact) mass is 290 g/mol. The van der Waals surface area contributed by atoms with Gasteiger partial charge < -0.3 is 11.1 Å². The standard InChI is InChI=1S/C15H15FN2OS/c16-11-5-1-4-8-14(11)20-10-9-15(19)18-13-7-3-2-6-12(13)17/h1-8H,9-10,17H2,(H,18,19). The van der Waals surface area contributed by atoms with E-state index >= 15 is 0 Å². The van der Waals surface area contributed by atoms with E-state index in [1.807, 2.05) is 0 Å². The number of carbonyl (C=O) groups excluding carboxylic acids is 1. The Bertz CT molecular complexity index is 604. The predicted octanol–water partition coefficient (Wildman–Crippen LogP) is 3.53. The van der Waals surface area contributed by atoms with Crippen molar-refractivity contribution in [3.8, 4) is 0 Å². The van der Waals surface area contributed by atoms with Gasteiger partial charge in [-0.25, -0.2) is 4.39 Å². The average Bonchev–Trinajstić information content (AvgIpc) is 2.43. The molecule has 0 bridgehead atoms. The summed E-state index contributed by atoms with van der Waals surface area (Å²) < 4.78 is 13.4. The third-order valence-electron chi connectivity index (χ3n) is 2.66. The maximum absolute atomic E-state index is 13.4. The first-order valence-electron chi connectivity index (χ1n) is 6.18. The van der Waals surface area contributed by atoms with E-state index in [0.717, 1.165) is 0 Å². The van der Waals surface area contributed by atoms with Gasteiger partial charge in [0.25, 0.3) is 0 Å². The Labute approximate surface area is 121 Å². The fourth-order valence-electron chi connectivity index (χ4n) is 1.64. The van der Waals surface area contributed by atoms with E-state index < -0.39 is 0 Å². The molecule has 3 N–H and O–H groups in total. The molecule has 2 aromatic rings. The van der Waals surface area contributed by atoms with E-state index in [9.17, 15) is 9.18 Å². The summed E-state index contributed by atoms with van der Waals surface area (Å²) in [6, 6.07) is 13.6. The molecule has 0 fully saturated rings. The van der Waals surface area contributed by atoms with Gasteiger partial charge in [-0.05, 0) is 24.3 Å². The van der Waals surface area contributed by atoms with Crippen molar-refractivity contribution in [1.82, 2.24) is 0 Å². The van der Waals surface area contributed by atoms with Crippen LogP contribution in [0.25, 0.3) is 0 Å². The van der Waals surface area contributed by atoms with Crippen molar-refractivity contribution in [3.05, 3.63) is 54.3 Å². The highest BCUT2D eigenvalue weighted by atomic mass is 32.2. The Morgan fingerprint density at radius 2 is 1.85 bits per heavy atom. The van der Waals surface area contributed by atoms with Crippen molar-refractivity contribution in [1.29, 1.82) is 0 Å². The fourth-order valence-corrected chi connectivity index (χ4v) is 2.53. The van der Waals surface area contributed by atoms with Crippen LogP contribution in [0.2, 0.25) is 0 Å². The summed E-state index contributed by atoms with van der Waals surface area (Å²) in [5.41, 5.74) is 6.87. The number of thioether (sulfide) groups is 1. The topological polar surface area (TPSA) is 55.1 Å². The summed E-state index contributed by atoms with van der Waals surface area (Å²) in [4.78, 5) is 12.3. The largest absolute Gasteiger partial charge is 0.397 e. The van der Waals surface area contributed by atoms with Crippen molar-refractivity contribution in [2.24, 2.45) is 0 Å².